The summed E-state index contributed by atoms with van der Waals surface area (Å²) in [5, 5.41) is 0. The first-order valence-corrected chi connectivity index (χ1v) is 4.80. The quantitative estimate of drug-likeness (QED) is 0.588. The van der Waals surface area contributed by atoms with Gasteiger partial charge < -0.3 is 4.74 Å². The predicted octanol–water partition coefficient (Wildman–Crippen LogP) is 2.78. The van der Waals surface area contributed by atoms with Crippen molar-refractivity contribution in [2.24, 2.45) is 0 Å². The van der Waals surface area contributed by atoms with Gasteiger partial charge >= 0.3 is 12.1 Å². The Morgan fingerprint density at radius 3 is 2.59 bits per heavy atom. The number of esters is 1. The lowest BCUT2D eigenvalue weighted by atomic mass is 10.1. The molecule has 0 saturated carbocycles. The molecular formula is C12H9F3O2. The molecule has 0 spiro atoms. The lowest BCUT2D eigenvalue weighted by Gasteiger charge is -2.03. The molecule has 0 unspecified atom stereocenters. The van der Waals surface area contributed by atoms with Crippen LogP contribution in [0.1, 0.15) is 22.8 Å². The van der Waals surface area contributed by atoms with Crippen LogP contribution in [0.3, 0.4) is 0 Å². The van der Waals surface area contributed by atoms with Crippen LogP contribution < -0.4 is 0 Å². The number of rotatable bonds is 2. The highest BCUT2D eigenvalue weighted by molar-refractivity contribution is 5.92. The van der Waals surface area contributed by atoms with Gasteiger partial charge in [0, 0.05) is 11.5 Å². The number of carbonyl (C=O) groups excluding carboxylic acids is 1. The fraction of sp³-hybridized carbons (Fsp3) is 0.250. The van der Waals surface area contributed by atoms with Gasteiger partial charge in [0.2, 0.25) is 0 Å². The maximum absolute atomic E-state index is 11.9. The van der Waals surface area contributed by atoms with Gasteiger partial charge in [0.15, 0.2) is 0 Å². The van der Waals surface area contributed by atoms with Crippen molar-refractivity contribution in [3.05, 3.63) is 35.4 Å². The van der Waals surface area contributed by atoms with E-state index in [0.29, 0.717) is 0 Å². The fourth-order valence-electron chi connectivity index (χ4n) is 1.12. The van der Waals surface area contributed by atoms with Gasteiger partial charge in [0.25, 0.3) is 0 Å². The van der Waals surface area contributed by atoms with Gasteiger partial charge in [0.05, 0.1) is 12.2 Å². The molecule has 1 aromatic carbocycles. The zero-order chi connectivity index (χ0) is 12.9. The second kappa shape index (κ2) is 5.39. The van der Waals surface area contributed by atoms with E-state index in [1.165, 1.54) is 24.3 Å². The summed E-state index contributed by atoms with van der Waals surface area (Å²) in [6.07, 6.45) is -4.58. The highest BCUT2D eigenvalue weighted by Crippen LogP contribution is 2.14. The van der Waals surface area contributed by atoms with Crippen LogP contribution in [0.4, 0.5) is 13.2 Å². The maximum atomic E-state index is 11.9. The molecule has 0 fully saturated rings. The van der Waals surface area contributed by atoms with E-state index in [4.69, 9.17) is 4.74 Å². The van der Waals surface area contributed by atoms with E-state index >= 15 is 0 Å². The standard InChI is InChI=1S/C12H9F3O2/c1-2-17-11(16)10-6-4-3-5-9(10)7-8-12(13,14)15/h3-6H,2H2,1H3. The summed E-state index contributed by atoms with van der Waals surface area (Å²) in [7, 11) is 0. The van der Waals surface area contributed by atoms with Crippen molar-refractivity contribution in [2.45, 2.75) is 13.1 Å². The zero-order valence-electron chi connectivity index (χ0n) is 8.97. The van der Waals surface area contributed by atoms with Crippen LogP contribution in [0.25, 0.3) is 0 Å². The average molecular weight is 242 g/mol. The lowest BCUT2D eigenvalue weighted by molar-refractivity contribution is -0.0696. The molecule has 2 nitrogen and oxygen atoms in total. The number of carbonyl (C=O) groups is 1. The summed E-state index contributed by atoms with van der Waals surface area (Å²) in [5.41, 5.74) is 0.0365. The molecule has 0 aliphatic heterocycles. The molecule has 0 aliphatic carbocycles. The number of benzene rings is 1. The summed E-state index contributed by atoms with van der Waals surface area (Å²) < 4.78 is 40.5. The van der Waals surface area contributed by atoms with E-state index in [2.05, 4.69) is 0 Å². The molecular weight excluding hydrogens is 233 g/mol. The molecule has 90 valence electrons. The van der Waals surface area contributed by atoms with Crippen LogP contribution in [0.5, 0.6) is 0 Å². The molecule has 0 saturated heterocycles. The summed E-state index contributed by atoms with van der Waals surface area (Å²) in [6.45, 7) is 1.77. The molecule has 0 amide bonds. The Balaban J connectivity index is 3.07. The normalized spacial score (nSPS) is 10.4. The van der Waals surface area contributed by atoms with Crippen molar-refractivity contribution in [1.29, 1.82) is 0 Å². The molecule has 0 radical (unpaired) electrons. The molecule has 17 heavy (non-hydrogen) atoms. The second-order valence-electron chi connectivity index (χ2n) is 3.01. The van der Waals surface area contributed by atoms with Crippen LogP contribution in [-0.2, 0) is 4.74 Å². The lowest BCUT2D eigenvalue weighted by Crippen LogP contribution is -2.07. The van der Waals surface area contributed by atoms with E-state index < -0.39 is 12.1 Å². The Labute approximate surface area is 96.4 Å². The SMILES string of the molecule is CCOC(=O)c1ccccc1C#CC(F)(F)F. The maximum Gasteiger partial charge on any atom is 0.458 e. The summed E-state index contributed by atoms with van der Waals surface area (Å²) in [6, 6.07) is 5.75. The summed E-state index contributed by atoms with van der Waals surface area (Å²) in [4.78, 5) is 11.4. The molecule has 0 bridgehead atoms. The van der Waals surface area contributed by atoms with Crippen molar-refractivity contribution in [3.63, 3.8) is 0 Å². The average Bonchev–Trinajstić information content (AvgIpc) is 2.26. The van der Waals surface area contributed by atoms with Crippen LogP contribution >= 0.6 is 0 Å². The molecule has 0 aliphatic rings. The third-order valence-corrected chi connectivity index (χ3v) is 1.76. The van der Waals surface area contributed by atoms with Gasteiger partial charge in [-0.05, 0) is 19.1 Å². The van der Waals surface area contributed by atoms with E-state index in [9.17, 15) is 18.0 Å². The van der Waals surface area contributed by atoms with Crippen molar-refractivity contribution < 1.29 is 22.7 Å². The van der Waals surface area contributed by atoms with E-state index in [1.54, 1.807) is 6.92 Å². The monoisotopic (exact) mass is 242 g/mol. The first-order valence-electron chi connectivity index (χ1n) is 4.80. The van der Waals surface area contributed by atoms with Crippen LogP contribution in [0, 0.1) is 11.8 Å². The van der Waals surface area contributed by atoms with Crippen LogP contribution in [0.2, 0.25) is 0 Å². The number of hydrogen-bond donors (Lipinski definition) is 0. The highest BCUT2D eigenvalue weighted by atomic mass is 19.4. The molecule has 0 aromatic heterocycles. The van der Waals surface area contributed by atoms with Gasteiger partial charge in [-0.3, -0.25) is 0 Å². The number of hydrogen-bond acceptors (Lipinski definition) is 2. The number of halogens is 3. The topological polar surface area (TPSA) is 26.3 Å². The smallest absolute Gasteiger partial charge is 0.458 e. The molecule has 1 rings (SSSR count). The van der Waals surface area contributed by atoms with Gasteiger partial charge in [-0.1, -0.05) is 18.1 Å². The molecule has 0 heterocycles. The third-order valence-electron chi connectivity index (χ3n) is 1.76. The van der Waals surface area contributed by atoms with Gasteiger partial charge in [-0.2, -0.15) is 13.2 Å². The highest BCUT2D eigenvalue weighted by Gasteiger charge is 2.23. The third kappa shape index (κ3) is 4.19. The van der Waals surface area contributed by atoms with Crippen molar-refractivity contribution in [3.8, 4) is 11.8 Å². The van der Waals surface area contributed by atoms with Crippen LogP contribution in [-0.4, -0.2) is 18.8 Å². The molecule has 0 N–H and O–H groups in total. The minimum Gasteiger partial charge on any atom is -0.462 e. The Bertz CT molecular complexity index is 467. The first kappa shape index (κ1) is 13.1. The first-order chi connectivity index (χ1) is 7.94. The minimum absolute atomic E-state index is 0.00303. The predicted molar refractivity (Wildman–Crippen MR) is 55.3 cm³/mol. The molecule has 0 atom stereocenters. The molecule has 5 heteroatoms. The van der Waals surface area contributed by atoms with E-state index in [-0.39, 0.29) is 17.7 Å². The Morgan fingerprint density at radius 2 is 2.00 bits per heavy atom. The number of alkyl halides is 3. The Hall–Kier alpha value is -1.96. The van der Waals surface area contributed by atoms with Crippen molar-refractivity contribution in [2.75, 3.05) is 6.61 Å². The fourth-order valence-corrected chi connectivity index (χ4v) is 1.12. The summed E-state index contributed by atoms with van der Waals surface area (Å²) in [5.74, 6) is 2.35. The largest absolute Gasteiger partial charge is 0.462 e. The van der Waals surface area contributed by atoms with E-state index in [1.807, 2.05) is 5.92 Å². The van der Waals surface area contributed by atoms with Crippen molar-refractivity contribution >= 4 is 5.97 Å². The van der Waals surface area contributed by atoms with Gasteiger partial charge in [-0.15, -0.1) is 0 Å². The minimum atomic E-state index is -4.58. The van der Waals surface area contributed by atoms with Crippen molar-refractivity contribution in [1.82, 2.24) is 0 Å². The molecule has 1 aromatic rings. The van der Waals surface area contributed by atoms with Gasteiger partial charge in [-0.25, -0.2) is 4.79 Å². The second-order valence-corrected chi connectivity index (χ2v) is 3.01. The Kier molecular flexibility index (Phi) is 4.16. The Morgan fingerprint density at radius 1 is 1.35 bits per heavy atom. The number of ether oxygens (including phenoxy) is 1. The zero-order valence-corrected chi connectivity index (χ0v) is 8.97. The summed E-state index contributed by atoms with van der Waals surface area (Å²) >= 11 is 0. The van der Waals surface area contributed by atoms with Gasteiger partial charge in [0.1, 0.15) is 0 Å². The van der Waals surface area contributed by atoms with E-state index in [0.717, 1.165) is 5.92 Å². The van der Waals surface area contributed by atoms with Crippen LogP contribution in [0.15, 0.2) is 24.3 Å².